The predicted octanol–water partition coefficient (Wildman–Crippen LogP) is 3.20. The fraction of sp³-hybridized carbons (Fsp3) is 0.412. The lowest BCUT2D eigenvalue weighted by Crippen LogP contribution is -2.34. The Morgan fingerprint density at radius 2 is 1.86 bits per heavy atom. The molecule has 0 bridgehead atoms. The lowest BCUT2D eigenvalue weighted by atomic mass is 9.98. The molecule has 22 heavy (non-hydrogen) atoms. The maximum atomic E-state index is 13.2. The molecule has 0 spiro atoms. The van der Waals surface area contributed by atoms with Crippen LogP contribution >= 0.6 is 0 Å². The molecule has 0 saturated heterocycles. The van der Waals surface area contributed by atoms with Gasteiger partial charge in [-0.15, -0.1) is 0 Å². The van der Waals surface area contributed by atoms with Crippen LogP contribution in [0.2, 0.25) is 0 Å². The van der Waals surface area contributed by atoms with E-state index in [9.17, 15) is 9.18 Å². The van der Waals surface area contributed by atoms with Crippen molar-refractivity contribution in [2.24, 2.45) is 13.0 Å². The molecule has 118 valence electrons. The summed E-state index contributed by atoms with van der Waals surface area (Å²) in [7, 11) is 1.83. The number of benzene rings is 1. The van der Waals surface area contributed by atoms with Gasteiger partial charge in [-0.05, 0) is 30.5 Å². The van der Waals surface area contributed by atoms with Gasteiger partial charge in [-0.1, -0.05) is 26.0 Å². The Balaban J connectivity index is 2.30. The van der Waals surface area contributed by atoms with Crippen molar-refractivity contribution in [2.75, 3.05) is 0 Å². The van der Waals surface area contributed by atoms with E-state index in [4.69, 9.17) is 0 Å². The van der Waals surface area contributed by atoms with Crippen LogP contribution in [0.3, 0.4) is 0 Å². The number of nitrogens with zero attached hydrogens (tertiary/aromatic N) is 2. The van der Waals surface area contributed by atoms with Crippen molar-refractivity contribution in [3.05, 3.63) is 53.6 Å². The monoisotopic (exact) mass is 303 g/mol. The van der Waals surface area contributed by atoms with Crippen molar-refractivity contribution < 1.29 is 9.18 Å². The highest BCUT2D eigenvalue weighted by Crippen LogP contribution is 2.23. The summed E-state index contributed by atoms with van der Waals surface area (Å²) in [6, 6.07) is 5.88. The molecule has 0 unspecified atom stereocenters. The van der Waals surface area contributed by atoms with Gasteiger partial charge in [0.25, 0.3) is 0 Å². The number of hydrogen-bond acceptors (Lipinski definition) is 2. The standard InChI is InChI=1S/C17H22FN3O/c1-4-12(5-2)17(22)20-16(14-10-19-21(3)11-14)13-6-8-15(18)9-7-13/h6-12,16H,4-5H2,1-3H3,(H,20,22)/t16-/m0/s1. The Hall–Kier alpha value is -2.17. The van der Waals surface area contributed by atoms with E-state index in [1.165, 1.54) is 12.1 Å². The van der Waals surface area contributed by atoms with Crippen LogP contribution in [0.1, 0.15) is 43.9 Å². The van der Waals surface area contributed by atoms with Gasteiger partial charge in [0, 0.05) is 24.7 Å². The second-order valence-corrected chi connectivity index (χ2v) is 5.45. The van der Waals surface area contributed by atoms with Gasteiger partial charge in [-0.2, -0.15) is 5.10 Å². The summed E-state index contributed by atoms with van der Waals surface area (Å²) in [6.45, 7) is 4.01. The molecular formula is C17H22FN3O. The lowest BCUT2D eigenvalue weighted by molar-refractivity contribution is -0.125. The van der Waals surface area contributed by atoms with Gasteiger partial charge in [0.15, 0.2) is 0 Å². The van der Waals surface area contributed by atoms with E-state index in [0.717, 1.165) is 24.0 Å². The summed E-state index contributed by atoms with van der Waals surface area (Å²) in [6.07, 6.45) is 5.18. The molecule has 4 nitrogen and oxygen atoms in total. The minimum absolute atomic E-state index is 0.0142. The number of amides is 1. The molecule has 0 aliphatic heterocycles. The van der Waals surface area contributed by atoms with E-state index >= 15 is 0 Å². The first-order valence-electron chi connectivity index (χ1n) is 7.59. The quantitative estimate of drug-likeness (QED) is 0.891. The van der Waals surface area contributed by atoms with E-state index in [0.29, 0.717) is 0 Å². The van der Waals surface area contributed by atoms with E-state index in [1.54, 1.807) is 23.0 Å². The third-order valence-electron chi connectivity index (χ3n) is 3.90. The number of aromatic nitrogens is 2. The molecule has 1 aromatic heterocycles. The molecule has 0 saturated carbocycles. The highest BCUT2D eigenvalue weighted by atomic mass is 19.1. The van der Waals surface area contributed by atoms with Crippen LogP contribution in [0, 0.1) is 11.7 Å². The largest absolute Gasteiger partial charge is 0.345 e. The molecular weight excluding hydrogens is 281 g/mol. The highest BCUT2D eigenvalue weighted by molar-refractivity contribution is 5.79. The average Bonchev–Trinajstić information content (AvgIpc) is 2.93. The molecule has 0 aliphatic rings. The van der Waals surface area contributed by atoms with Gasteiger partial charge >= 0.3 is 0 Å². The van der Waals surface area contributed by atoms with E-state index < -0.39 is 0 Å². The number of hydrogen-bond donors (Lipinski definition) is 1. The molecule has 1 aromatic carbocycles. The van der Waals surface area contributed by atoms with Gasteiger partial charge in [0.2, 0.25) is 5.91 Å². The zero-order valence-electron chi connectivity index (χ0n) is 13.2. The van der Waals surface area contributed by atoms with Gasteiger partial charge in [0.05, 0.1) is 12.2 Å². The number of carbonyl (C=O) groups is 1. The maximum absolute atomic E-state index is 13.2. The molecule has 0 fully saturated rings. The van der Waals surface area contributed by atoms with Crippen LogP contribution in [0.4, 0.5) is 4.39 Å². The number of aryl methyl sites for hydroxylation is 1. The smallest absolute Gasteiger partial charge is 0.223 e. The van der Waals surface area contributed by atoms with Crippen LogP contribution in [0.5, 0.6) is 0 Å². The van der Waals surface area contributed by atoms with Crippen molar-refractivity contribution in [3.8, 4) is 0 Å². The van der Waals surface area contributed by atoms with Crippen LogP contribution < -0.4 is 5.32 Å². The summed E-state index contributed by atoms with van der Waals surface area (Å²) in [4.78, 5) is 12.4. The summed E-state index contributed by atoms with van der Waals surface area (Å²) >= 11 is 0. The second-order valence-electron chi connectivity index (χ2n) is 5.45. The Morgan fingerprint density at radius 1 is 1.23 bits per heavy atom. The second kappa shape index (κ2) is 7.20. The average molecular weight is 303 g/mol. The third-order valence-corrected chi connectivity index (χ3v) is 3.90. The van der Waals surface area contributed by atoms with Crippen LogP contribution in [0.15, 0.2) is 36.7 Å². The minimum Gasteiger partial charge on any atom is -0.345 e. The lowest BCUT2D eigenvalue weighted by Gasteiger charge is -2.21. The molecule has 0 aliphatic carbocycles. The number of rotatable bonds is 6. The highest BCUT2D eigenvalue weighted by Gasteiger charge is 2.22. The molecule has 0 radical (unpaired) electrons. The number of nitrogens with one attached hydrogen (secondary N) is 1. The van der Waals surface area contributed by atoms with Crippen molar-refractivity contribution in [2.45, 2.75) is 32.7 Å². The summed E-state index contributed by atoms with van der Waals surface area (Å²) in [5.74, 6) is -0.289. The Bertz CT molecular complexity index is 617. The Kier molecular flexibility index (Phi) is 5.31. The summed E-state index contributed by atoms with van der Waals surface area (Å²) in [5, 5.41) is 7.23. The van der Waals surface area contributed by atoms with E-state index in [2.05, 4.69) is 10.4 Å². The fourth-order valence-corrected chi connectivity index (χ4v) is 2.52. The van der Waals surface area contributed by atoms with Gasteiger partial charge in [0.1, 0.15) is 5.82 Å². The van der Waals surface area contributed by atoms with Crippen molar-refractivity contribution >= 4 is 5.91 Å². The molecule has 2 rings (SSSR count). The first-order valence-corrected chi connectivity index (χ1v) is 7.59. The predicted molar refractivity (Wildman–Crippen MR) is 83.7 cm³/mol. The van der Waals surface area contributed by atoms with Crippen LogP contribution in [-0.4, -0.2) is 15.7 Å². The number of halogens is 1. The first kappa shape index (κ1) is 16.2. The van der Waals surface area contributed by atoms with Gasteiger partial charge in [-0.3, -0.25) is 9.48 Å². The molecule has 1 atom stereocenters. The number of carbonyl (C=O) groups excluding carboxylic acids is 1. The summed E-state index contributed by atoms with van der Waals surface area (Å²) in [5.41, 5.74) is 1.72. The maximum Gasteiger partial charge on any atom is 0.223 e. The van der Waals surface area contributed by atoms with Crippen LogP contribution in [0.25, 0.3) is 0 Å². The minimum atomic E-state index is -0.317. The topological polar surface area (TPSA) is 46.9 Å². The third kappa shape index (κ3) is 3.72. The van der Waals surface area contributed by atoms with Crippen molar-refractivity contribution in [3.63, 3.8) is 0 Å². The Labute approximate surface area is 130 Å². The molecule has 1 amide bonds. The van der Waals surface area contributed by atoms with E-state index in [-0.39, 0.29) is 23.7 Å². The zero-order chi connectivity index (χ0) is 16.1. The molecule has 5 heteroatoms. The SMILES string of the molecule is CCC(CC)C(=O)N[C@@H](c1ccc(F)cc1)c1cnn(C)c1. The molecule has 1 heterocycles. The molecule has 1 N–H and O–H groups in total. The van der Waals surface area contributed by atoms with Crippen molar-refractivity contribution in [1.82, 2.24) is 15.1 Å². The van der Waals surface area contributed by atoms with Gasteiger partial charge in [-0.25, -0.2) is 4.39 Å². The van der Waals surface area contributed by atoms with Gasteiger partial charge < -0.3 is 5.32 Å². The van der Waals surface area contributed by atoms with E-state index in [1.807, 2.05) is 27.1 Å². The fourth-order valence-electron chi connectivity index (χ4n) is 2.52. The first-order chi connectivity index (χ1) is 10.5. The normalized spacial score (nSPS) is 12.4. The zero-order valence-corrected chi connectivity index (χ0v) is 13.2. The van der Waals surface area contributed by atoms with Crippen LogP contribution in [-0.2, 0) is 11.8 Å². The molecule has 2 aromatic rings. The summed E-state index contributed by atoms with van der Waals surface area (Å²) < 4.78 is 14.8. The van der Waals surface area contributed by atoms with Crippen molar-refractivity contribution in [1.29, 1.82) is 0 Å². The Morgan fingerprint density at radius 3 is 2.36 bits per heavy atom.